The van der Waals surface area contributed by atoms with Crippen LogP contribution in [0, 0.1) is 0 Å². The van der Waals surface area contributed by atoms with E-state index in [0.717, 1.165) is 37.1 Å². The van der Waals surface area contributed by atoms with Crippen LogP contribution in [-0.4, -0.2) is 67.2 Å². The molecule has 1 aromatic carbocycles. The molecule has 1 heterocycles. The second kappa shape index (κ2) is 7.72. The fourth-order valence-electron chi connectivity index (χ4n) is 3.43. The van der Waals surface area contributed by atoms with Gasteiger partial charge < -0.3 is 14.9 Å². The molecule has 1 spiro atoms. The fourth-order valence-corrected chi connectivity index (χ4v) is 3.43. The lowest BCUT2D eigenvalue weighted by Gasteiger charge is -2.37. The van der Waals surface area contributed by atoms with E-state index in [9.17, 15) is 18.0 Å². The summed E-state index contributed by atoms with van der Waals surface area (Å²) < 4.78 is 31.7. The standard InChI is InChI=1S/C17H22N2O.C2HF3O2/c1-18(2)16(20)14-12-17(8-10-19(3)11-9-17)15-7-5-4-6-13(14)15;3-2(4,5)1(6)7/h4-7,12H,8-11H2,1-3H3;(H,6,7). The molecule has 1 fully saturated rings. The number of carboxylic acids is 1. The van der Waals surface area contributed by atoms with Crippen molar-refractivity contribution in [2.45, 2.75) is 24.4 Å². The first-order chi connectivity index (χ1) is 12.5. The van der Waals surface area contributed by atoms with Crippen molar-refractivity contribution in [3.05, 3.63) is 41.5 Å². The minimum atomic E-state index is -5.08. The number of fused-ring (bicyclic) bond motifs is 2. The molecule has 2 aliphatic rings. The van der Waals surface area contributed by atoms with Crippen LogP contribution in [0.5, 0.6) is 0 Å². The topological polar surface area (TPSA) is 60.9 Å². The minimum Gasteiger partial charge on any atom is -0.475 e. The molecule has 0 radical (unpaired) electrons. The molecule has 3 rings (SSSR count). The summed E-state index contributed by atoms with van der Waals surface area (Å²) >= 11 is 0. The van der Waals surface area contributed by atoms with Crippen LogP contribution in [-0.2, 0) is 15.0 Å². The lowest BCUT2D eigenvalue weighted by atomic mass is 9.75. The van der Waals surface area contributed by atoms with Gasteiger partial charge in [-0.15, -0.1) is 0 Å². The van der Waals surface area contributed by atoms with Gasteiger partial charge in [0.2, 0.25) is 0 Å². The summed E-state index contributed by atoms with van der Waals surface area (Å²) in [5, 5.41) is 7.12. The minimum absolute atomic E-state index is 0.0735. The molecule has 27 heavy (non-hydrogen) atoms. The van der Waals surface area contributed by atoms with Gasteiger partial charge in [-0.25, -0.2) is 4.79 Å². The zero-order valence-corrected chi connectivity index (χ0v) is 15.5. The number of carbonyl (C=O) groups is 2. The highest BCUT2D eigenvalue weighted by Crippen LogP contribution is 2.47. The lowest BCUT2D eigenvalue weighted by Crippen LogP contribution is -2.38. The van der Waals surface area contributed by atoms with Crippen molar-refractivity contribution >= 4 is 17.4 Å². The predicted molar refractivity (Wildman–Crippen MR) is 95.2 cm³/mol. The van der Waals surface area contributed by atoms with Crippen molar-refractivity contribution in [2.75, 3.05) is 34.2 Å². The number of alkyl halides is 3. The summed E-state index contributed by atoms with van der Waals surface area (Å²) in [6.07, 6.45) is -0.636. The number of benzene rings is 1. The van der Waals surface area contributed by atoms with E-state index in [2.05, 4.69) is 36.2 Å². The van der Waals surface area contributed by atoms with Crippen molar-refractivity contribution in [2.24, 2.45) is 0 Å². The number of hydrogen-bond acceptors (Lipinski definition) is 3. The highest BCUT2D eigenvalue weighted by molar-refractivity contribution is 6.21. The maximum atomic E-state index is 12.4. The van der Waals surface area contributed by atoms with Crippen LogP contribution in [0.3, 0.4) is 0 Å². The van der Waals surface area contributed by atoms with E-state index in [1.807, 2.05) is 20.2 Å². The van der Waals surface area contributed by atoms with E-state index >= 15 is 0 Å². The molecule has 0 bridgehead atoms. The average Bonchev–Trinajstić information content (AvgIpc) is 2.91. The van der Waals surface area contributed by atoms with Crippen LogP contribution in [0.4, 0.5) is 13.2 Å². The third kappa shape index (κ3) is 4.50. The second-order valence-corrected chi connectivity index (χ2v) is 7.07. The van der Waals surface area contributed by atoms with E-state index < -0.39 is 12.1 Å². The Kier molecular flexibility index (Phi) is 5.99. The van der Waals surface area contributed by atoms with Gasteiger partial charge in [-0.3, -0.25) is 4.79 Å². The van der Waals surface area contributed by atoms with E-state index in [-0.39, 0.29) is 11.3 Å². The highest BCUT2D eigenvalue weighted by atomic mass is 19.4. The third-order valence-corrected chi connectivity index (χ3v) is 4.93. The number of carbonyl (C=O) groups excluding carboxylic acids is 1. The Balaban J connectivity index is 0.000000321. The number of carboxylic acid groups (broad SMARTS) is 1. The first-order valence-electron chi connectivity index (χ1n) is 8.51. The number of likely N-dealkylation sites (tertiary alicyclic amines) is 1. The van der Waals surface area contributed by atoms with Crippen molar-refractivity contribution in [1.29, 1.82) is 0 Å². The number of allylic oxidation sites excluding steroid dienone is 1. The number of piperidine rings is 1. The largest absolute Gasteiger partial charge is 0.490 e. The number of halogens is 3. The molecule has 1 aromatic rings. The summed E-state index contributed by atoms with van der Waals surface area (Å²) in [5.74, 6) is -2.64. The number of hydrogen-bond donors (Lipinski definition) is 1. The summed E-state index contributed by atoms with van der Waals surface area (Å²) in [6, 6.07) is 8.42. The zero-order valence-electron chi connectivity index (χ0n) is 15.5. The molecule has 1 saturated heterocycles. The number of amides is 1. The molecular weight excluding hydrogens is 361 g/mol. The molecule has 1 aliphatic heterocycles. The number of nitrogens with zero attached hydrogens (tertiary/aromatic N) is 2. The monoisotopic (exact) mass is 384 g/mol. The van der Waals surface area contributed by atoms with E-state index in [1.165, 1.54) is 5.56 Å². The van der Waals surface area contributed by atoms with Gasteiger partial charge in [0, 0.05) is 25.1 Å². The van der Waals surface area contributed by atoms with Crippen LogP contribution in [0.25, 0.3) is 5.57 Å². The van der Waals surface area contributed by atoms with Crippen LogP contribution >= 0.6 is 0 Å². The van der Waals surface area contributed by atoms with Crippen molar-refractivity contribution in [1.82, 2.24) is 9.80 Å². The Labute approximate surface area is 156 Å². The van der Waals surface area contributed by atoms with Crippen LogP contribution < -0.4 is 0 Å². The van der Waals surface area contributed by atoms with Gasteiger partial charge in [-0.1, -0.05) is 30.3 Å². The number of rotatable bonds is 1. The number of aliphatic carboxylic acids is 1. The van der Waals surface area contributed by atoms with Crippen molar-refractivity contribution in [3.63, 3.8) is 0 Å². The quantitative estimate of drug-likeness (QED) is 0.809. The van der Waals surface area contributed by atoms with Gasteiger partial charge in [0.15, 0.2) is 0 Å². The van der Waals surface area contributed by atoms with Gasteiger partial charge in [0.25, 0.3) is 5.91 Å². The zero-order chi connectivity index (χ0) is 20.4. The normalized spacial score (nSPS) is 18.2. The second-order valence-electron chi connectivity index (χ2n) is 7.07. The Morgan fingerprint density at radius 2 is 1.67 bits per heavy atom. The average molecular weight is 384 g/mol. The van der Waals surface area contributed by atoms with Gasteiger partial charge in [0.05, 0.1) is 0 Å². The Morgan fingerprint density at radius 1 is 1.15 bits per heavy atom. The summed E-state index contributed by atoms with van der Waals surface area (Å²) in [4.78, 5) is 25.4. The SMILES string of the molecule is CN1CCC2(C=C(C(=O)N(C)C)c3ccccc32)CC1.O=C(O)C(F)(F)F. The molecule has 0 saturated carbocycles. The van der Waals surface area contributed by atoms with E-state index in [0.29, 0.717) is 0 Å². The van der Waals surface area contributed by atoms with Gasteiger partial charge in [-0.2, -0.15) is 13.2 Å². The fraction of sp³-hybridized carbons (Fsp3) is 0.474. The molecular formula is C19H23F3N2O3. The molecule has 148 valence electrons. The van der Waals surface area contributed by atoms with Gasteiger partial charge >= 0.3 is 12.1 Å². The third-order valence-electron chi connectivity index (χ3n) is 4.93. The van der Waals surface area contributed by atoms with E-state index in [1.54, 1.807) is 4.90 Å². The van der Waals surface area contributed by atoms with Crippen LogP contribution in [0.1, 0.15) is 24.0 Å². The van der Waals surface area contributed by atoms with Gasteiger partial charge in [-0.05, 0) is 44.1 Å². The Morgan fingerprint density at radius 3 is 2.15 bits per heavy atom. The smallest absolute Gasteiger partial charge is 0.475 e. The van der Waals surface area contributed by atoms with Crippen molar-refractivity contribution in [3.8, 4) is 0 Å². The lowest BCUT2D eigenvalue weighted by molar-refractivity contribution is -0.192. The van der Waals surface area contributed by atoms with Gasteiger partial charge in [0.1, 0.15) is 0 Å². The molecule has 1 N–H and O–H groups in total. The highest BCUT2D eigenvalue weighted by Gasteiger charge is 2.41. The first-order valence-corrected chi connectivity index (χ1v) is 8.51. The van der Waals surface area contributed by atoms with E-state index in [4.69, 9.17) is 9.90 Å². The number of likely N-dealkylation sites (N-methyl/N-ethyl adjacent to an activating group) is 1. The molecule has 8 heteroatoms. The van der Waals surface area contributed by atoms with Crippen molar-refractivity contribution < 1.29 is 27.9 Å². The summed E-state index contributed by atoms with van der Waals surface area (Å²) in [5.41, 5.74) is 3.44. The summed E-state index contributed by atoms with van der Waals surface area (Å²) in [6.45, 7) is 2.18. The van der Waals surface area contributed by atoms with Crippen LogP contribution in [0.2, 0.25) is 0 Å². The molecule has 0 unspecified atom stereocenters. The molecule has 1 aliphatic carbocycles. The molecule has 1 amide bonds. The molecule has 0 atom stereocenters. The Bertz CT molecular complexity index is 749. The summed E-state index contributed by atoms with van der Waals surface area (Å²) in [7, 11) is 5.82. The Hall–Kier alpha value is -2.35. The molecule has 0 aromatic heterocycles. The van der Waals surface area contributed by atoms with Crippen LogP contribution in [0.15, 0.2) is 30.3 Å². The maximum Gasteiger partial charge on any atom is 0.490 e. The maximum absolute atomic E-state index is 12.4. The molecule has 5 nitrogen and oxygen atoms in total. The predicted octanol–water partition coefficient (Wildman–Crippen LogP) is 2.77. The first kappa shape index (κ1) is 21.0.